The standard InChI is InChI=1S/C15H16N6O3S/c1-20-10-18-19-15(20)25-6-4-16-13(22)8-21-9-17-11(7-14(21)23)12-3-2-5-24-12/h2-3,5,7,9-10H,4,6,8H2,1H3,(H,16,22). The van der Waals surface area contributed by atoms with E-state index in [2.05, 4.69) is 20.5 Å². The van der Waals surface area contributed by atoms with Gasteiger partial charge in [0.1, 0.15) is 18.6 Å². The topological polar surface area (TPSA) is 108 Å². The molecule has 0 unspecified atom stereocenters. The number of nitrogens with zero attached hydrogens (tertiary/aromatic N) is 5. The van der Waals surface area contributed by atoms with Gasteiger partial charge in [-0.25, -0.2) is 4.98 Å². The number of rotatable bonds is 7. The molecule has 9 nitrogen and oxygen atoms in total. The molecular weight excluding hydrogens is 344 g/mol. The smallest absolute Gasteiger partial charge is 0.254 e. The van der Waals surface area contributed by atoms with Gasteiger partial charge in [0.2, 0.25) is 5.91 Å². The number of carbonyl (C=O) groups excluding carboxylic acids is 1. The van der Waals surface area contributed by atoms with Gasteiger partial charge in [0.05, 0.1) is 12.6 Å². The number of aromatic nitrogens is 5. The molecule has 25 heavy (non-hydrogen) atoms. The van der Waals surface area contributed by atoms with E-state index in [1.165, 1.54) is 35.0 Å². The summed E-state index contributed by atoms with van der Waals surface area (Å²) in [6.07, 6.45) is 4.47. The summed E-state index contributed by atoms with van der Waals surface area (Å²) in [6.45, 7) is 0.377. The largest absolute Gasteiger partial charge is 0.463 e. The van der Waals surface area contributed by atoms with Gasteiger partial charge in [-0.05, 0) is 12.1 Å². The van der Waals surface area contributed by atoms with E-state index in [9.17, 15) is 9.59 Å². The third kappa shape index (κ3) is 4.35. The number of amides is 1. The van der Waals surface area contributed by atoms with Crippen LogP contribution in [0.3, 0.4) is 0 Å². The van der Waals surface area contributed by atoms with Crippen LogP contribution in [0, 0.1) is 0 Å². The SMILES string of the molecule is Cn1cnnc1SCCNC(=O)Cn1cnc(-c2ccco2)cc1=O. The zero-order valence-corrected chi connectivity index (χ0v) is 14.3. The molecule has 0 aliphatic carbocycles. The first-order chi connectivity index (χ1) is 12.1. The summed E-state index contributed by atoms with van der Waals surface area (Å²) >= 11 is 1.49. The molecule has 1 N–H and O–H groups in total. The van der Waals surface area contributed by atoms with Gasteiger partial charge in [-0.2, -0.15) is 0 Å². The van der Waals surface area contributed by atoms with Crippen molar-refractivity contribution in [2.24, 2.45) is 7.05 Å². The minimum absolute atomic E-state index is 0.0844. The molecule has 130 valence electrons. The molecule has 0 bridgehead atoms. The number of thioether (sulfide) groups is 1. The van der Waals surface area contributed by atoms with Crippen LogP contribution >= 0.6 is 11.8 Å². The van der Waals surface area contributed by atoms with Crippen molar-refractivity contribution >= 4 is 17.7 Å². The molecule has 3 heterocycles. The lowest BCUT2D eigenvalue weighted by Crippen LogP contribution is -2.33. The van der Waals surface area contributed by atoms with Crippen LogP contribution in [-0.4, -0.2) is 42.5 Å². The molecule has 0 spiro atoms. The summed E-state index contributed by atoms with van der Waals surface area (Å²) in [4.78, 5) is 28.2. The Bertz CT molecular complexity index is 902. The number of carbonyl (C=O) groups is 1. The van der Waals surface area contributed by atoms with E-state index in [1.807, 2.05) is 7.05 Å². The Kier molecular flexibility index (Phi) is 5.29. The molecule has 0 radical (unpaired) electrons. The summed E-state index contributed by atoms with van der Waals surface area (Å²) < 4.78 is 8.25. The fourth-order valence-corrected chi connectivity index (χ4v) is 2.79. The van der Waals surface area contributed by atoms with Crippen LogP contribution in [0.2, 0.25) is 0 Å². The fourth-order valence-electron chi connectivity index (χ4n) is 2.05. The van der Waals surface area contributed by atoms with Crippen molar-refractivity contribution in [3.8, 4) is 11.5 Å². The molecule has 3 aromatic heterocycles. The third-order valence-electron chi connectivity index (χ3n) is 3.29. The molecule has 10 heteroatoms. The van der Waals surface area contributed by atoms with Crippen molar-refractivity contribution in [3.05, 3.63) is 47.5 Å². The van der Waals surface area contributed by atoms with Crippen molar-refractivity contribution in [2.45, 2.75) is 11.7 Å². The molecule has 0 saturated heterocycles. The van der Waals surface area contributed by atoms with E-state index in [1.54, 1.807) is 23.0 Å². The number of hydrogen-bond acceptors (Lipinski definition) is 7. The van der Waals surface area contributed by atoms with Crippen molar-refractivity contribution in [2.75, 3.05) is 12.3 Å². The van der Waals surface area contributed by atoms with E-state index in [0.29, 0.717) is 23.8 Å². The Morgan fingerprint density at radius 1 is 1.40 bits per heavy atom. The lowest BCUT2D eigenvalue weighted by molar-refractivity contribution is -0.121. The highest BCUT2D eigenvalue weighted by Gasteiger charge is 2.08. The molecule has 0 aromatic carbocycles. The van der Waals surface area contributed by atoms with Crippen LogP contribution in [0.25, 0.3) is 11.5 Å². The van der Waals surface area contributed by atoms with Gasteiger partial charge >= 0.3 is 0 Å². The zero-order chi connectivity index (χ0) is 17.6. The van der Waals surface area contributed by atoms with Gasteiger partial charge in [0.15, 0.2) is 10.9 Å². The van der Waals surface area contributed by atoms with Gasteiger partial charge < -0.3 is 14.3 Å². The second kappa shape index (κ2) is 7.79. The van der Waals surface area contributed by atoms with Crippen molar-refractivity contribution in [1.82, 2.24) is 29.6 Å². The predicted molar refractivity (Wildman–Crippen MR) is 90.9 cm³/mol. The molecule has 1 amide bonds. The molecule has 0 saturated carbocycles. The van der Waals surface area contributed by atoms with E-state index in [0.717, 1.165) is 5.16 Å². The van der Waals surface area contributed by atoms with Crippen molar-refractivity contribution in [1.29, 1.82) is 0 Å². The Morgan fingerprint density at radius 3 is 2.96 bits per heavy atom. The van der Waals surface area contributed by atoms with Crippen LogP contribution in [0.5, 0.6) is 0 Å². The summed E-state index contributed by atoms with van der Waals surface area (Å²) in [7, 11) is 1.85. The average molecular weight is 360 g/mol. The Balaban J connectivity index is 1.49. The Labute approximate surface area is 147 Å². The minimum atomic E-state index is -0.315. The van der Waals surface area contributed by atoms with Crippen molar-refractivity contribution in [3.63, 3.8) is 0 Å². The molecule has 3 rings (SSSR count). The highest BCUT2D eigenvalue weighted by molar-refractivity contribution is 7.99. The minimum Gasteiger partial charge on any atom is -0.463 e. The van der Waals surface area contributed by atoms with Crippen LogP contribution < -0.4 is 10.9 Å². The van der Waals surface area contributed by atoms with E-state index < -0.39 is 0 Å². The van der Waals surface area contributed by atoms with Gasteiger partial charge in [-0.1, -0.05) is 11.8 Å². The highest BCUT2D eigenvalue weighted by atomic mass is 32.2. The summed E-state index contributed by atoms with van der Waals surface area (Å²) in [5, 5.41) is 11.3. The quantitative estimate of drug-likeness (QED) is 0.484. The van der Waals surface area contributed by atoms with Crippen LogP contribution in [0.1, 0.15) is 0 Å². The molecule has 3 aromatic rings. The molecule has 0 aliphatic rings. The van der Waals surface area contributed by atoms with Gasteiger partial charge in [0.25, 0.3) is 5.56 Å². The lowest BCUT2D eigenvalue weighted by atomic mass is 10.3. The highest BCUT2D eigenvalue weighted by Crippen LogP contribution is 2.14. The predicted octanol–water partition coefficient (Wildman–Crippen LogP) is 0.540. The van der Waals surface area contributed by atoms with Crippen LogP contribution in [0.15, 0.2) is 51.5 Å². The maximum atomic E-state index is 12.1. The van der Waals surface area contributed by atoms with E-state index >= 15 is 0 Å². The summed E-state index contributed by atoms with van der Waals surface area (Å²) in [6, 6.07) is 4.78. The van der Waals surface area contributed by atoms with Crippen LogP contribution in [-0.2, 0) is 18.4 Å². The van der Waals surface area contributed by atoms with Gasteiger partial charge in [-0.15, -0.1) is 10.2 Å². The van der Waals surface area contributed by atoms with Crippen molar-refractivity contribution < 1.29 is 9.21 Å². The second-order valence-corrected chi connectivity index (χ2v) is 6.20. The molecule has 0 fully saturated rings. The van der Waals surface area contributed by atoms with E-state index in [4.69, 9.17) is 4.42 Å². The van der Waals surface area contributed by atoms with E-state index in [-0.39, 0.29) is 18.0 Å². The number of aryl methyl sites for hydroxylation is 1. The Morgan fingerprint density at radius 2 is 2.28 bits per heavy atom. The summed E-state index contributed by atoms with van der Waals surface area (Å²) in [5.74, 6) is 0.908. The molecular formula is C15H16N6O3S. The first-order valence-corrected chi connectivity index (χ1v) is 8.46. The third-order valence-corrected chi connectivity index (χ3v) is 4.33. The fraction of sp³-hybridized carbons (Fsp3) is 0.267. The summed E-state index contributed by atoms with van der Waals surface area (Å²) in [5.41, 5.74) is 0.122. The average Bonchev–Trinajstić information content (AvgIpc) is 3.25. The van der Waals surface area contributed by atoms with Gasteiger partial charge in [-0.3, -0.25) is 14.2 Å². The lowest BCUT2D eigenvalue weighted by Gasteiger charge is -2.07. The zero-order valence-electron chi connectivity index (χ0n) is 13.5. The normalized spacial score (nSPS) is 10.8. The maximum Gasteiger partial charge on any atom is 0.254 e. The van der Waals surface area contributed by atoms with Crippen LogP contribution in [0.4, 0.5) is 0 Å². The number of hydrogen-bond donors (Lipinski definition) is 1. The number of furan rings is 1. The first-order valence-electron chi connectivity index (χ1n) is 7.47. The monoisotopic (exact) mass is 360 g/mol. The van der Waals surface area contributed by atoms with Gasteiger partial charge in [0, 0.05) is 25.4 Å². The number of nitrogens with one attached hydrogen (secondary N) is 1. The maximum absolute atomic E-state index is 12.1. The molecule has 0 aliphatic heterocycles. The molecule has 0 atom stereocenters. The second-order valence-electron chi connectivity index (χ2n) is 5.14. The Hall–Kier alpha value is -2.88. The first kappa shape index (κ1) is 17.0.